The van der Waals surface area contributed by atoms with Gasteiger partial charge in [-0.25, -0.2) is 4.98 Å². The van der Waals surface area contributed by atoms with Gasteiger partial charge >= 0.3 is 0 Å². The Hall–Kier alpha value is -1.47. The number of carbonyl (C=O) groups excluding carboxylic acids is 1. The third-order valence-corrected chi connectivity index (χ3v) is 5.47. The largest absolute Gasteiger partial charge is 0.397 e. The maximum Gasteiger partial charge on any atom is 0.263 e. The number of pyridine rings is 1. The molecule has 0 fully saturated rings. The highest BCUT2D eigenvalue weighted by Gasteiger charge is 2.18. The molecule has 0 aromatic carbocycles. The monoisotopic (exact) mass is 311 g/mol. The zero-order valence-electron chi connectivity index (χ0n) is 11.6. The summed E-state index contributed by atoms with van der Waals surface area (Å²) in [5, 5.41) is 3.48. The van der Waals surface area contributed by atoms with Gasteiger partial charge in [0, 0.05) is 39.9 Å². The number of fused-ring (bicyclic) bond motifs is 1. The third kappa shape index (κ3) is 2.99. The number of nitrogens with two attached hydrogens (primary N) is 1. The number of hydrogen-bond acceptors (Lipinski definition) is 5. The minimum atomic E-state index is -0.961. The van der Waals surface area contributed by atoms with Gasteiger partial charge in [0.1, 0.15) is 9.71 Å². The summed E-state index contributed by atoms with van der Waals surface area (Å²) in [6, 6.07) is 3.75. The van der Waals surface area contributed by atoms with Crippen LogP contribution in [0.25, 0.3) is 10.2 Å². The van der Waals surface area contributed by atoms with Crippen molar-refractivity contribution in [3.8, 4) is 0 Å². The quantitative estimate of drug-likeness (QED) is 0.899. The average molecular weight is 311 g/mol. The van der Waals surface area contributed by atoms with Gasteiger partial charge in [0.15, 0.2) is 0 Å². The Balaban J connectivity index is 2.22. The van der Waals surface area contributed by atoms with Crippen LogP contribution in [-0.4, -0.2) is 33.2 Å². The van der Waals surface area contributed by atoms with Crippen LogP contribution in [0.5, 0.6) is 0 Å². The van der Waals surface area contributed by atoms with Crippen molar-refractivity contribution in [2.45, 2.75) is 19.1 Å². The molecule has 0 spiro atoms. The first-order chi connectivity index (χ1) is 9.40. The second kappa shape index (κ2) is 5.88. The molecule has 108 valence electrons. The molecule has 7 heteroatoms. The van der Waals surface area contributed by atoms with Crippen molar-refractivity contribution in [1.29, 1.82) is 0 Å². The molecule has 1 amide bonds. The van der Waals surface area contributed by atoms with Crippen LogP contribution < -0.4 is 11.1 Å². The van der Waals surface area contributed by atoms with Crippen molar-refractivity contribution >= 4 is 43.9 Å². The van der Waals surface area contributed by atoms with Gasteiger partial charge in [-0.05, 0) is 26.0 Å². The summed E-state index contributed by atoms with van der Waals surface area (Å²) >= 11 is 1.28. The fourth-order valence-electron chi connectivity index (χ4n) is 1.69. The molecule has 5 nitrogen and oxygen atoms in total. The van der Waals surface area contributed by atoms with Gasteiger partial charge < -0.3 is 11.1 Å². The summed E-state index contributed by atoms with van der Waals surface area (Å²) in [5.74, 6) is -0.236. The molecular weight excluding hydrogens is 294 g/mol. The van der Waals surface area contributed by atoms with E-state index in [1.807, 2.05) is 26.0 Å². The van der Waals surface area contributed by atoms with Gasteiger partial charge in [0.2, 0.25) is 0 Å². The smallest absolute Gasteiger partial charge is 0.263 e. The standard InChI is InChI=1S/C13H17N3O2S2/c1-7-4-5-9-10(14)11(19-13(9)16-7)12(17)15-6-8(2)20(3)18/h4-5,8H,6,14H2,1-3H3,(H,15,17). The number of rotatable bonds is 4. The molecule has 0 radical (unpaired) electrons. The lowest BCUT2D eigenvalue weighted by Crippen LogP contribution is -2.32. The Morgan fingerprint density at radius 3 is 2.90 bits per heavy atom. The van der Waals surface area contributed by atoms with E-state index in [4.69, 9.17) is 5.73 Å². The van der Waals surface area contributed by atoms with E-state index in [1.165, 1.54) is 11.3 Å². The van der Waals surface area contributed by atoms with Crippen LogP contribution >= 0.6 is 11.3 Å². The van der Waals surface area contributed by atoms with Crippen molar-refractivity contribution in [3.05, 3.63) is 22.7 Å². The minimum Gasteiger partial charge on any atom is -0.397 e. The zero-order chi connectivity index (χ0) is 14.9. The predicted octanol–water partition coefficient (Wildman–Crippen LogP) is 1.68. The second-order valence-corrected chi connectivity index (χ2v) is 7.47. The summed E-state index contributed by atoms with van der Waals surface area (Å²) in [5.41, 5.74) is 7.35. The molecule has 0 aliphatic heterocycles. The van der Waals surface area contributed by atoms with Crippen LogP contribution in [0.4, 0.5) is 5.69 Å². The number of nitrogens with one attached hydrogen (secondary N) is 1. The van der Waals surface area contributed by atoms with Crippen LogP contribution in [-0.2, 0) is 10.8 Å². The fourth-order valence-corrected chi connectivity index (χ4v) is 3.07. The first-order valence-electron chi connectivity index (χ1n) is 6.16. The number of thiophene rings is 1. The number of aryl methyl sites for hydroxylation is 1. The van der Waals surface area contributed by atoms with Crippen LogP contribution in [0.2, 0.25) is 0 Å². The molecule has 2 heterocycles. The van der Waals surface area contributed by atoms with Gasteiger partial charge in [0.05, 0.1) is 5.69 Å². The summed E-state index contributed by atoms with van der Waals surface area (Å²) in [7, 11) is -0.961. The summed E-state index contributed by atoms with van der Waals surface area (Å²) in [6.07, 6.45) is 1.62. The number of nitrogens with zero attached hydrogens (tertiary/aromatic N) is 1. The highest BCUT2D eigenvalue weighted by Crippen LogP contribution is 2.32. The second-order valence-electron chi connectivity index (χ2n) is 4.67. The van der Waals surface area contributed by atoms with Crippen LogP contribution in [0, 0.1) is 6.92 Å². The van der Waals surface area contributed by atoms with Gasteiger partial charge in [-0.1, -0.05) is 0 Å². The summed E-state index contributed by atoms with van der Waals surface area (Å²) in [4.78, 5) is 17.7. The maximum absolute atomic E-state index is 12.1. The van der Waals surface area contributed by atoms with Crippen LogP contribution in [0.1, 0.15) is 22.3 Å². The van der Waals surface area contributed by atoms with Gasteiger partial charge in [0.25, 0.3) is 5.91 Å². The zero-order valence-corrected chi connectivity index (χ0v) is 13.2. The SMILES string of the molecule is Cc1ccc2c(N)c(C(=O)NCC(C)S(C)=O)sc2n1. The number of nitrogen functional groups attached to an aromatic ring is 1. The van der Waals surface area contributed by atoms with Gasteiger partial charge in [-0.3, -0.25) is 9.00 Å². The summed E-state index contributed by atoms with van der Waals surface area (Å²) < 4.78 is 11.3. The molecule has 2 unspecified atom stereocenters. The molecule has 20 heavy (non-hydrogen) atoms. The Morgan fingerprint density at radius 1 is 1.55 bits per heavy atom. The van der Waals surface area contributed by atoms with Gasteiger partial charge in [-0.2, -0.15) is 0 Å². The number of amides is 1. The van der Waals surface area contributed by atoms with E-state index in [0.29, 0.717) is 17.1 Å². The van der Waals surface area contributed by atoms with E-state index in [2.05, 4.69) is 10.3 Å². The Kier molecular flexibility index (Phi) is 4.39. The minimum absolute atomic E-state index is 0.0880. The summed E-state index contributed by atoms with van der Waals surface area (Å²) in [6.45, 7) is 4.09. The van der Waals surface area contributed by atoms with E-state index in [9.17, 15) is 9.00 Å². The highest BCUT2D eigenvalue weighted by atomic mass is 32.2. The van der Waals surface area contributed by atoms with E-state index in [1.54, 1.807) is 6.26 Å². The lowest BCUT2D eigenvalue weighted by molar-refractivity contribution is 0.0959. The molecular formula is C13H17N3O2S2. The average Bonchev–Trinajstić information content (AvgIpc) is 2.72. The fraction of sp³-hybridized carbons (Fsp3) is 0.385. The van der Waals surface area contributed by atoms with E-state index < -0.39 is 10.8 Å². The predicted molar refractivity (Wildman–Crippen MR) is 84.6 cm³/mol. The molecule has 2 rings (SSSR count). The highest BCUT2D eigenvalue weighted by molar-refractivity contribution is 7.84. The molecule has 3 N–H and O–H groups in total. The van der Waals surface area contributed by atoms with E-state index >= 15 is 0 Å². The molecule has 2 aromatic heterocycles. The molecule has 0 saturated heterocycles. The number of hydrogen-bond donors (Lipinski definition) is 2. The third-order valence-electron chi connectivity index (χ3n) is 3.06. The molecule has 0 aliphatic rings. The Bertz CT molecular complexity index is 682. The maximum atomic E-state index is 12.1. The molecule has 2 aromatic rings. The molecule has 0 bridgehead atoms. The van der Waals surface area contributed by atoms with E-state index in [-0.39, 0.29) is 11.2 Å². The first kappa shape index (κ1) is 14.9. The van der Waals surface area contributed by atoms with Crippen molar-refractivity contribution in [1.82, 2.24) is 10.3 Å². The Morgan fingerprint density at radius 2 is 2.25 bits per heavy atom. The van der Waals surface area contributed by atoms with Crippen molar-refractivity contribution in [3.63, 3.8) is 0 Å². The first-order valence-corrected chi connectivity index (χ1v) is 8.60. The molecule has 2 atom stereocenters. The van der Waals surface area contributed by atoms with Crippen molar-refractivity contribution in [2.24, 2.45) is 0 Å². The van der Waals surface area contributed by atoms with Crippen LogP contribution in [0.3, 0.4) is 0 Å². The Labute approximate surface area is 124 Å². The molecule has 0 saturated carbocycles. The van der Waals surface area contributed by atoms with Gasteiger partial charge in [-0.15, -0.1) is 11.3 Å². The number of aromatic nitrogens is 1. The van der Waals surface area contributed by atoms with Crippen molar-refractivity contribution in [2.75, 3.05) is 18.5 Å². The normalized spacial score (nSPS) is 14.2. The molecule has 0 aliphatic carbocycles. The lowest BCUT2D eigenvalue weighted by atomic mass is 10.2. The van der Waals surface area contributed by atoms with Crippen molar-refractivity contribution < 1.29 is 9.00 Å². The number of anilines is 1. The number of carbonyl (C=O) groups is 1. The van der Waals surface area contributed by atoms with Crippen LogP contribution in [0.15, 0.2) is 12.1 Å². The topological polar surface area (TPSA) is 85.1 Å². The van der Waals surface area contributed by atoms with E-state index in [0.717, 1.165) is 15.9 Å². The lowest BCUT2D eigenvalue weighted by Gasteiger charge is -2.09.